The normalized spacial score (nSPS) is 14.2. The molecule has 0 spiro atoms. The monoisotopic (exact) mass is 271 g/mol. The van der Waals surface area contributed by atoms with Crippen LogP contribution in [-0.4, -0.2) is 16.4 Å². The van der Waals surface area contributed by atoms with Crippen LogP contribution in [0.25, 0.3) is 10.9 Å². The van der Waals surface area contributed by atoms with E-state index in [9.17, 15) is 9.59 Å². The molecule has 0 radical (unpaired) electrons. The summed E-state index contributed by atoms with van der Waals surface area (Å²) in [6.07, 6.45) is 4.05. The van der Waals surface area contributed by atoms with Gasteiger partial charge in [0.1, 0.15) is 0 Å². The molecule has 1 aliphatic rings. The van der Waals surface area contributed by atoms with Crippen LogP contribution in [0.5, 0.6) is 0 Å². The van der Waals surface area contributed by atoms with Crippen LogP contribution in [0, 0.1) is 5.92 Å². The maximum Gasteiger partial charge on any atom is 0.242 e. The smallest absolute Gasteiger partial charge is 0.242 e. The van der Waals surface area contributed by atoms with Crippen LogP contribution in [0.1, 0.15) is 18.4 Å². The van der Waals surface area contributed by atoms with Gasteiger partial charge in [-0.3, -0.25) is 20.4 Å². The van der Waals surface area contributed by atoms with E-state index < -0.39 is 0 Å². The largest absolute Gasteiger partial charge is 0.350 e. The van der Waals surface area contributed by atoms with E-state index in [0.717, 1.165) is 29.3 Å². The molecule has 3 rings (SSSR count). The van der Waals surface area contributed by atoms with Gasteiger partial charge in [0.05, 0.1) is 6.42 Å². The summed E-state index contributed by atoms with van der Waals surface area (Å²) in [5.74, 6) is -0.195. The summed E-state index contributed by atoms with van der Waals surface area (Å²) in [4.78, 5) is 23.3. The number of nitrogens with zero attached hydrogens (tertiary/aromatic N) is 1. The summed E-state index contributed by atoms with van der Waals surface area (Å²) in [7, 11) is 1.96. The number of fused-ring (bicyclic) bond motifs is 1. The molecular formula is C15H17N3O2. The minimum Gasteiger partial charge on any atom is -0.350 e. The molecule has 0 unspecified atom stereocenters. The molecule has 0 atom stereocenters. The van der Waals surface area contributed by atoms with Crippen LogP contribution in [0.3, 0.4) is 0 Å². The van der Waals surface area contributed by atoms with E-state index in [2.05, 4.69) is 10.9 Å². The van der Waals surface area contributed by atoms with Crippen LogP contribution in [0.2, 0.25) is 0 Å². The fraction of sp³-hybridized carbons (Fsp3) is 0.333. The average molecular weight is 271 g/mol. The second kappa shape index (κ2) is 5.00. The van der Waals surface area contributed by atoms with Crippen molar-refractivity contribution in [3.8, 4) is 0 Å². The molecule has 20 heavy (non-hydrogen) atoms. The molecular weight excluding hydrogens is 254 g/mol. The maximum atomic E-state index is 11.9. The third-order valence-corrected chi connectivity index (χ3v) is 3.60. The van der Waals surface area contributed by atoms with Crippen molar-refractivity contribution in [3.05, 3.63) is 36.0 Å². The average Bonchev–Trinajstić information content (AvgIpc) is 3.24. The van der Waals surface area contributed by atoms with E-state index in [1.54, 1.807) is 0 Å². The molecule has 104 valence electrons. The summed E-state index contributed by atoms with van der Waals surface area (Å²) in [5, 5.41) is 1.07. The van der Waals surface area contributed by atoms with Gasteiger partial charge in [-0.1, -0.05) is 18.2 Å². The zero-order valence-electron chi connectivity index (χ0n) is 11.3. The molecule has 0 saturated heterocycles. The molecule has 0 aliphatic heterocycles. The van der Waals surface area contributed by atoms with E-state index in [1.807, 2.05) is 42.1 Å². The van der Waals surface area contributed by atoms with Crippen molar-refractivity contribution in [1.82, 2.24) is 15.4 Å². The molecule has 2 aromatic rings. The van der Waals surface area contributed by atoms with Crippen molar-refractivity contribution in [2.24, 2.45) is 13.0 Å². The highest BCUT2D eigenvalue weighted by Gasteiger charge is 2.29. The number of amides is 2. The number of aryl methyl sites for hydroxylation is 1. The van der Waals surface area contributed by atoms with Gasteiger partial charge in [0.15, 0.2) is 0 Å². The number of para-hydroxylation sites is 1. The van der Waals surface area contributed by atoms with E-state index in [-0.39, 0.29) is 24.2 Å². The lowest BCUT2D eigenvalue weighted by atomic mass is 10.1. The Morgan fingerprint density at radius 1 is 1.25 bits per heavy atom. The maximum absolute atomic E-state index is 11.9. The Bertz CT molecular complexity index is 671. The predicted octanol–water partition coefficient (Wildman–Crippen LogP) is 1.28. The van der Waals surface area contributed by atoms with Crippen LogP contribution < -0.4 is 10.9 Å². The van der Waals surface area contributed by atoms with Crippen molar-refractivity contribution in [2.45, 2.75) is 19.3 Å². The van der Waals surface area contributed by atoms with Gasteiger partial charge in [0.2, 0.25) is 11.8 Å². The first-order valence-corrected chi connectivity index (χ1v) is 6.77. The fourth-order valence-electron chi connectivity index (χ4n) is 2.36. The number of aromatic nitrogens is 1. The quantitative estimate of drug-likeness (QED) is 0.826. The summed E-state index contributed by atoms with van der Waals surface area (Å²) in [5.41, 5.74) is 7.01. The Labute approximate surface area is 116 Å². The van der Waals surface area contributed by atoms with Gasteiger partial charge >= 0.3 is 0 Å². The lowest BCUT2D eigenvalue weighted by Crippen LogP contribution is -2.43. The number of carbonyl (C=O) groups excluding carboxylic acids is 2. The second-order valence-electron chi connectivity index (χ2n) is 5.27. The van der Waals surface area contributed by atoms with E-state index in [1.165, 1.54) is 0 Å². The topological polar surface area (TPSA) is 63.1 Å². The molecule has 1 heterocycles. The summed E-state index contributed by atoms with van der Waals surface area (Å²) in [6.45, 7) is 0. The molecule has 1 aromatic carbocycles. The number of rotatable bonds is 3. The second-order valence-corrected chi connectivity index (χ2v) is 5.27. The van der Waals surface area contributed by atoms with Crippen molar-refractivity contribution in [2.75, 3.05) is 0 Å². The van der Waals surface area contributed by atoms with Crippen molar-refractivity contribution < 1.29 is 9.59 Å². The Morgan fingerprint density at radius 3 is 2.75 bits per heavy atom. The van der Waals surface area contributed by atoms with Crippen LogP contribution in [0.4, 0.5) is 0 Å². The third-order valence-electron chi connectivity index (χ3n) is 3.60. The highest BCUT2D eigenvalue weighted by atomic mass is 16.2. The molecule has 1 aromatic heterocycles. The van der Waals surface area contributed by atoms with Gasteiger partial charge in [0, 0.05) is 30.1 Å². The van der Waals surface area contributed by atoms with Gasteiger partial charge < -0.3 is 4.57 Å². The number of carbonyl (C=O) groups is 2. The Hall–Kier alpha value is -2.30. The van der Waals surface area contributed by atoms with Gasteiger partial charge in [-0.25, -0.2) is 0 Å². The number of hydrogen-bond acceptors (Lipinski definition) is 2. The van der Waals surface area contributed by atoms with E-state index >= 15 is 0 Å². The lowest BCUT2D eigenvalue weighted by molar-refractivity contribution is -0.129. The molecule has 0 bridgehead atoms. The van der Waals surface area contributed by atoms with Gasteiger partial charge in [-0.15, -0.1) is 0 Å². The van der Waals surface area contributed by atoms with Crippen molar-refractivity contribution >= 4 is 22.7 Å². The molecule has 2 amide bonds. The first-order chi connectivity index (χ1) is 9.65. The summed E-state index contributed by atoms with van der Waals surface area (Å²) in [6, 6.07) is 7.95. The zero-order chi connectivity index (χ0) is 14.1. The molecule has 2 N–H and O–H groups in total. The van der Waals surface area contributed by atoms with Gasteiger partial charge in [0.25, 0.3) is 0 Å². The fourth-order valence-corrected chi connectivity index (χ4v) is 2.36. The van der Waals surface area contributed by atoms with E-state index in [4.69, 9.17) is 0 Å². The Balaban J connectivity index is 1.66. The third kappa shape index (κ3) is 2.52. The van der Waals surface area contributed by atoms with Gasteiger partial charge in [-0.05, 0) is 24.5 Å². The minimum absolute atomic E-state index is 0.0868. The molecule has 1 saturated carbocycles. The first kappa shape index (κ1) is 12.7. The van der Waals surface area contributed by atoms with Crippen LogP contribution >= 0.6 is 0 Å². The highest BCUT2D eigenvalue weighted by molar-refractivity contribution is 5.90. The number of benzene rings is 1. The highest BCUT2D eigenvalue weighted by Crippen LogP contribution is 2.28. The van der Waals surface area contributed by atoms with Crippen LogP contribution in [-0.2, 0) is 23.1 Å². The molecule has 5 heteroatoms. The summed E-state index contributed by atoms with van der Waals surface area (Å²) < 4.78 is 2.00. The van der Waals surface area contributed by atoms with Gasteiger partial charge in [-0.2, -0.15) is 0 Å². The SMILES string of the molecule is Cn1cc(CC(=O)NNC(=O)C2CC2)c2ccccc21. The molecule has 5 nitrogen and oxygen atoms in total. The van der Waals surface area contributed by atoms with Crippen molar-refractivity contribution in [3.63, 3.8) is 0 Å². The Morgan fingerprint density at radius 2 is 2.00 bits per heavy atom. The molecule has 1 fully saturated rings. The predicted molar refractivity (Wildman–Crippen MR) is 75.6 cm³/mol. The first-order valence-electron chi connectivity index (χ1n) is 6.77. The Kier molecular flexibility index (Phi) is 3.18. The lowest BCUT2D eigenvalue weighted by Gasteiger charge is -2.06. The number of hydrogen-bond donors (Lipinski definition) is 2. The molecule has 1 aliphatic carbocycles. The number of nitrogens with one attached hydrogen (secondary N) is 2. The van der Waals surface area contributed by atoms with Crippen LogP contribution in [0.15, 0.2) is 30.5 Å². The zero-order valence-corrected chi connectivity index (χ0v) is 11.3. The minimum atomic E-state index is -0.199. The summed E-state index contributed by atoms with van der Waals surface area (Å²) >= 11 is 0. The number of hydrazine groups is 1. The van der Waals surface area contributed by atoms with E-state index in [0.29, 0.717) is 0 Å². The standard InChI is InChI=1S/C15H17N3O2/c1-18-9-11(12-4-2-3-5-13(12)18)8-14(19)16-17-15(20)10-6-7-10/h2-5,9-10H,6-8H2,1H3,(H,16,19)(H,17,20). The van der Waals surface area contributed by atoms with Crippen molar-refractivity contribution in [1.29, 1.82) is 0 Å².